The number of aryl methyl sites for hydroxylation is 1. The van der Waals surface area contributed by atoms with Crippen LogP contribution in [-0.4, -0.2) is 69.7 Å². The van der Waals surface area contributed by atoms with Crippen molar-refractivity contribution >= 4 is 5.91 Å². The number of nitrogens with one attached hydrogen (secondary N) is 1. The Kier molecular flexibility index (Phi) is 4.35. The van der Waals surface area contributed by atoms with Gasteiger partial charge in [-0.05, 0) is 26.3 Å². The summed E-state index contributed by atoms with van der Waals surface area (Å²) < 4.78 is 1.19. The standard InChI is InChI=1S/C16H24N4O4/c1-18-7-4-12(21)16(9-18)5-3-6-20(10-16)14(23)11-8-19(2)15(24)17-13(11)22/h8,12,21H,3-7,9-10H2,1-2H3,(H,17,22,24)/t12-,16-/m0/s1. The lowest BCUT2D eigenvalue weighted by atomic mass is 9.71. The molecule has 0 bridgehead atoms. The highest BCUT2D eigenvalue weighted by Gasteiger charge is 2.45. The third kappa shape index (κ3) is 2.91. The van der Waals surface area contributed by atoms with Crippen molar-refractivity contribution < 1.29 is 9.90 Å². The zero-order valence-electron chi connectivity index (χ0n) is 14.1. The van der Waals surface area contributed by atoms with Crippen molar-refractivity contribution in [1.82, 2.24) is 19.4 Å². The number of aromatic amines is 1. The fourth-order valence-corrected chi connectivity index (χ4v) is 3.99. The zero-order valence-corrected chi connectivity index (χ0v) is 14.1. The number of hydrogen-bond acceptors (Lipinski definition) is 5. The Bertz CT molecular complexity index is 755. The quantitative estimate of drug-likeness (QED) is 0.685. The van der Waals surface area contributed by atoms with Gasteiger partial charge in [0.1, 0.15) is 5.56 Å². The summed E-state index contributed by atoms with van der Waals surface area (Å²) in [4.78, 5) is 42.2. The lowest BCUT2D eigenvalue weighted by Crippen LogP contribution is -2.59. The molecule has 2 saturated heterocycles. The maximum absolute atomic E-state index is 12.8. The average Bonchev–Trinajstić information content (AvgIpc) is 2.54. The molecule has 0 aromatic carbocycles. The number of nitrogens with zero attached hydrogens (tertiary/aromatic N) is 3. The van der Waals surface area contributed by atoms with Gasteiger partial charge < -0.3 is 19.5 Å². The van der Waals surface area contributed by atoms with Crippen molar-refractivity contribution in [2.24, 2.45) is 12.5 Å². The van der Waals surface area contributed by atoms with E-state index < -0.39 is 17.4 Å². The number of carbonyl (C=O) groups is 1. The highest BCUT2D eigenvalue weighted by atomic mass is 16.3. The summed E-state index contributed by atoms with van der Waals surface area (Å²) in [6.45, 7) is 2.57. The maximum atomic E-state index is 12.8. The van der Waals surface area contributed by atoms with Crippen LogP contribution in [0.1, 0.15) is 29.6 Å². The van der Waals surface area contributed by atoms with E-state index in [0.29, 0.717) is 19.5 Å². The van der Waals surface area contributed by atoms with Crippen molar-refractivity contribution in [3.05, 3.63) is 32.6 Å². The highest BCUT2D eigenvalue weighted by Crippen LogP contribution is 2.38. The molecule has 2 aliphatic heterocycles. The number of hydrogen-bond donors (Lipinski definition) is 2. The summed E-state index contributed by atoms with van der Waals surface area (Å²) in [5.41, 5.74) is -1.58. The maximum Gasteiger partial charge on any atom is 0.328 e. The van der Waals surface area contributed by atoms with Crippen LogP contribution in [0.3, 0.4) is 0 Å². The Morgan fingerprint density at radius 3 is 2.79 bits per heavy atom. The first-order valence-electron chi connectivity index (χ1n) is 8.28. The molecule has 0 unspecified atom stereocenters. The van der Waals surface area contributed by atoms with Gasteiger partial charge in [0.05, 0.1) is 6.10 Å². The predicted octanol–water partition coefficient (Wildman–Crippen LogP) is -1.01. The fourth-order valence-electron chi connectivity index (χ4n) is 3.99. The average molecular weight is 336 g/mol. The molecule has 132 valence electrons. The van der Waals surface area contributed by atoms with Crippen LogP contribution in [0.15, 0.2) is 15.8 Å². The van der Waals surface area contributed by atoms with Crippen LogP contribution < -0.4 is 11.2 Å². The third-order valence-electron chi connectivity index (χ3n) is 5.31. The van der Waals surface area contributed by atoms with E-state index in [2.05, 4.69) is 9.88 Å². The molecule has 24 heavy (non-hydrogen) atoms. The molecule has 1 aromatic heterocycles. The summed E-state index contributed by atoms with van der Waals surface area (Å²) in [5, 5.41) is 10.5. The zero-order chi connectivity index (χ0) is 17.5. The minimum Gasteiger partial charge on any atom is -0.392 e. The Hall–Kier alpha value is -1.93. The molecule has 0 saturated carbocycles. The number of rotatable bonds is 1. The SMILES string of the molecule is CN1CC[C@H](O)[C@@]2(CCCN(C(=O)c3cn(C)c(=O)[nH]c3=O)C2)C1. The van der Waals surface area contributed by atoms with Gasteiger partial charge in [0.15, 0.2) is 0 Å². The van der Waals surface area contributed by atoms with Crippen LogP contribution in [0, 0.1) is 5.41 Å². The van der Waals surface area contributed by atoms with Crippen molar-refractivity contribution in [2.75, 3.05) is 33.2 Å². The number of aliphatic hydroxyl groups is 1. The molecule has 2 fully saturated rings. The Labute approximate surface area is 139 Å². The van der Waals surface area contributed by atoms with E-state index in [1.807, 2.05) is 7.05 Å². The molecule has 1 spiro atoms. The molecule has 3 rings (SSSR count). The number of aromatic nitrogens is 2. The van der Waals surface area contributed by atoms with Crippen LogP contribution >= 0.6 is 0 Å². The number of piperidine rings is 2. The van der Waals surface area contributed by atoms with Gasteiger partial charge in [0, 0.05) is 44.8 Å². The molecule has 3 heterocycles. The van der Waals surface area contributed by atoms with Gasteiger partial charge in [-0.3, -0.25) is 14.6 Å². The minimum atomic E-state index is -0.663. The molecular formula is C16H24N4O4. The number of carbonyl (C=O) groups excluding carboxylic acids is 1. The van der Waals surface area contributed by atoms with Crippen LogP contribution in [-0.2, 0) is 7.05 Å². The number of aliphatic hydroxyl groups excluding tert-OH is 1. The molecule has 1 amide bonds. The van der Waals surface area contributed by atoms with E-state index in [1.165, 1.54) is 17.8 Å². The Morgan fingerprint density at radius 2 is 2.04 bits per heavy atom. The number of amides is 1. The largest absolute Gasteiger partial charge is 0.392 e. The minimum absolute atomic E-state index is 0.0344. The predicted molar refractivity (Wildman–Crippen MR) is 88.0 cm³/mol. The topological polar surface area (TPSA) is 98.6 Å². The molecular weight excluding hydrogens is 312 g/mol. The van der Waals surface area contributed by atoms with Crippen molar-refractivity contribution in [1.29, 1.82) is 0 Å². The molecule has 2 aliphatic rings. The first-order valence-corrected chi connectivity index (χ1v) is 8.28. The van der Waals surface area contributed by atoms with Gasteiger partial charge in [0.25, 0.3) is 11.5 Å². The van der Waals surface area contributed by atoms with Crippen LogP contribution in [0.5, 0.6) is 0 Å². The molecule has 8 nitrogen and oxygen atoms in total. The van der Waals surface area contributed by atoms with E-state index in [4.69, 9.17) is 0 Å². The van der Waals surface area contributed by atoms with Gasteiger partial charge >= 0.3 is 5.69 Å². The van der Waals surface area contributed by atoms with Crippen molar-refractivity contribution in [3.63, 3.8) is 0 Å². The van der Waals surface area contributed by atoms with Gasteiger partial charge in [-0.2, -0.15) is 0 Å². The highest BCUT2D eigenvalue weighted by molar-refractivity contribution is 5.93. The van der Waals surface area contributed by atoms with E-state index >= 15 is 0 Å². The van der Waals surface area contributed by atoms with Gasteiger partial charge in [-0.15, -0.1) is 0 Å². The molecule has 0 radical (unpaired) electrons. The van der Waals surface area contributed by atoms with Crippen LogP contribution in [0.2, 0.25) is 0 Å². The number of likely N-dealkylation sites (tertiary alicyclic amines) is 2. The van der Waals surface area contributed by atoms with Crippen LogP contribution in [0.4, 0.5) is 0 Å². The lowest BCUT2D eigenvalue weighted by Gasteiger charge is -2.50. The van der Waals surface area contributed by atoms with E-state index in [0.717, 1.165) is 25.9 Å². The Morgan fingerprint density at radius 1 is 1.29 bits per heavy atom. The second-order valence-corrected chi connectivity index (χ2v) is 7.15. The summed E-state index contributed by atoms with van der Waals surface area (Å²) in [7, 11) is 3.51. The van der Waals surface area contributed by atoms with Crippen LogP contribution in [0.25, 0.3) is 0 Å². The van der Waals surface area contributed by atoms with Crippen molar-refractivity contribution in [2.45, 2.75) is 25.4 Å². The van der Waals surface area contributed by atoms with Gasteiger partial charge in [-0.25, -0.2) is 4.79 Å². The first-order chi connectivity index (χ1) is 11.3. The normalized spacial score (nSPS) is 28.3. The fraction of sp³-hybridized carbons (Fsp3) is 0.688. The van der Waals surface area contributed by atoms with E-state index in [9.17, 15) is 19.5 Å². The first kappa shape index (κ1) is 16.9. The van der Waals surface area contributed by atoms with Crippen molar-refractivity contribution in [3.8, 4) is 0 Å². The van der Waals surface area contributed by atoms with Gasteiger partial charge in [0.2, 0.25) is 0 Å². The Balaban J connectivity index is 1.87. The van der Waals surface area contributed by atoms with E-state index in [-0.39, 0.29) is 16.9 Å². The molecule has 8 heteroatoms. The number of H-pyrrole nitrogens is 1. The molecule has 1 aromatic rings. The molecule has 2 atom stereocenters. The summed E-state index contributed by atoms with van der Waals surface area (Å²) in [6, 6.07) is 0. The summed E-state index contributed by atoms with van der Waals surface area (Å²) >= 11 is 0. The summed E-state index contributed by atoms with van der Waals surface area (Å²) in [6.07, 6.45) is 3.20. The monoisotopic (exact) mass is 336 g/mol. The second-order valence-electron chi connectivity index (χ2n) is 7.15. The van der Waals surface area contributed by atoms with Gasteiger partial charge in [-0.1, -0.05) is 0 Å². The third-order valence-corrected chi connectivity index (χ3v) is 5.31. The smallest absolute Gasteiger partial charge is 0.328 e. The molecule has 2 N–H and O–H groups in total. The summed E-state index contributed by atoms with van der Waals surface area (Å²) in [5.74, 6) is -0.383. The lowest BCUT2D eigenvalue weighted by molar-refractivity contribution is -0.0731. The molecule has 0 aliphatic carbocycles. The van der Waals surface area contributed by atoms with E-state index in [1.54, 1.807) is 4.90 Å². The second kappa shape index (κ2) is 6.18.